The summed E-state index contributed by atoms with van der Waals surface area (Å²) in [6, 6.07) is 13.7. The zero-order valence-corrected chi connectivity index (χ0v) is 12.4. The van der Waals surface area contributed by atoms with Crippen molar-refractivity contribution in [2.45, 2.75) is 6.42 Å². The van der Waals surface area contributed by atoms with Crippen molar-refractivity contribution in [3.8, 4) is 0 Å². The standard InChI is InChI=1S/C15H10BrNOS/c16-14-6-5-11(19-14)9-13(18)15-12-4-2-1-3-10(12)7-8-17-15/h1-8H,9H2. The molecule has 2 nitrogen and oxygen atoms in total. The Bertz CT molecular complexity index is 745. The number of hydrogen-bond acceptors (Lipinski definition) is 3. The van der Waals surface area contributed by atoms with Gasteiger partial charge in [0.1, 0.15) is 5.69 Å². The van der Waals surface area contributed by atoms with Crippen molar-refractivity contribution >= 4 is 43.8 Å². The van der Waals surface area contributed by atoms with Crippen LogP contribution in [0, 0.1) is 0 Å². The van der Waals surface area contributed by atoms with E-state index in [-0.39, 0.29) is 5.78 Å². The van der Waals surface area contributed by atoms with Crippen LogP contribution in [-0.4, -0.2) is 10.8 Å². The Morgan fingerprint density at radius 3 is 2.79 bits per heavy atom. The highest BCUT2D eigenvalue weighted by Gasteiger charge is 2.13. The molecule has 0 amide bonds. The summed E-state index contributed by atoms with van der Waals surface area (Å²) >= 11 is 4.99. The van der Waals surface area contributed by atoms with Crippen molar-refractivity contribution in [2.24, 2.45) is 0 Å². The van der Waals surface area contributed by atoms with E-state index in [1.165, 1.54) is 0 Å². The molecule has 94 valence electrons. The monoisotopic (exact) mass is 331 g/mol. The average molecular weight is 332 g/mol. The third-order valence-corrected chi connectivity index (χ3v) is 4.53. The lowest BCUT2D eigenvalue weighted by Crippen LogP contribution is -2.05. The number of carbonyl (C=O) groups excluding carboxylic acids is 1. The fourth-order valence-electron chi connectivity index (χ4n) is 2.03. The van der Waals surface area contributed by atoms with Gasteiger partial charge in [-0.25, -0.2) is 0 Å². The predicted octanol–water partition coefficient (Wildman–Crippen LogP) is 4.48. The number of carbonyl (C=O) groups is 1. The molecule has 19 heavy (non-hydrogen) atoms. The second kappa shape index (κ2) is 5.23. The van der Waals surface area contributed by atoms with Crippen molar-refractivity contribution < 1.29 is 4.79 Å². The highest BCUT2D eigenvalue weighted by molar-refractivity contribution is 9.11. The highest BCUT2D eigenvalue weighted by atomic mass is 79.9. The van der Waals surface area contributed by atoms with Gasteiger partial charge in [0.05, 0.1) is 3.79 Å². The van der Waals surface area contributed by atoms with Gasteiger partial charge in [-0.15, -0.1) is 11.3 Å². The first-order chi connectivity index (χ1) is 9.24. The molecule has 0 radical (unpaired) electrons. The van der Waals surface area contributed by atoms with Crippen molar-refractivity contribution in [1.82, 2.24) is 4.98 Å². The molecule has 0 atom stereocenters. The number of ketones is 1. The van der Waals surface area contributed by atoms with Gasteiger partial charge < -0.3 is 0 Å². The van der Waals surface area contributed by atoms with Gasteiger partial charge in [-0.3, -0.25) is 9.78 Å². The van der Waals surface area contributed by atoms with Gasteiger partial charge in [-0.05, 0) is 39.5 Å². The van der Waals surface area contributed by atoms with Crippen LogP contribution in [0.5, 0.6) is 0 Å². The van der Waals surface area contributed by atoms with Gasteiger partial charge in [0.2, 0.25) is 0 Å². The molecule has 0 N–H and O–H groups in total. The van der Waals surface area contributed by atoms with E-state index in [1.807, 2.05) is 42.5 Å². The molecule has 0 spiro atoms. The zero-order chi connectivity index (χ0) is 13.2. The number of rotatable bonds is 3. The fourth-order valence-corrected chi connectivity index (χ4v) is 3.51. The fraction of sp³-hybridized carbons (Fsp3) is 0.0667. The summed E-state index contributed by atoms with van der Waals surface area (Å²) in [5, 5.41) is 1.97. The van der Waals surface area contributed by atoms with Crippen LogP contribution in [0.2, 0.25) is 0 Å². The molecule has 0 aliphatic carbocycles. The number of nitrogens with zero attached hydrogens (tertiary/aromatic N) is 1. The SMILES string of the molecule is O=C(Cc1ccc(Br)s1)c1nccc2ccccc12. The van der Waals surface area contributed by atoms with Gasteiger partial charge in [0, 0.05) is 22.9 Å². The summed E-state index contributed by atoms with van der Waals surface area (Å²) in [7, 11) is 0. The molecular formula is C15H10BrNOS. The number of fused-ring (bicyclic) bond motifs is 1. The van der Waals surface area contributed by atoms with Crippen LogP contribution in [0.25, 0.3) is 10.8 Å². The van der Waals surface area contributed by atoms with E-state index in [0.717, 1.165) is 19.4 Å². The van der Waals surface area contributed by atoms with E-state index in [4.69, 9.17) is 0 Å². The molecule has 4 heteroatoms. The number of Topliss-reactive ketones (excluding diaryl/α,β-unsaturated/α-hetero) is 1. The number of pyridine rings is 1. The molecule has 2 aromatic heterocycles. The van der Waals surface area contributed by atoms with Crippen molar-refractivity contribution in [3.63, 3.8) is 0 Å². The second-order valence-electron chi connectivity index (χ2n) is 4.19. The Labute approximate surface area is 123 Å². The molecule has 0 unspecified atom stereocenters. The number of halogens is 1. The highest BCUT2D eigenvalue weighted by Crippen LogP contribution is 2.24. The topological polar surface area (TPSA) is 30.0 Å². The van der Waals surface area contributed by atoms with Crippen LogP contribution in [0.3, 0.4) is 0 Å². The minimum atomic E-state index is 0.0613. The first kappa shape index (κ1) is 12.5. The summed E-state index contributed by atoms with van der Waals surface area (Å²) in [4.78, 5) is 17.7. The van der Waals surface area contributed by atoms with E-state index in [1.54, 1.807) is 17.5 Å². The van der Waals surface area contributed by atoms with Gasteiger partial charge in [0.25, 0.3) is 0 Å². The Morgan fingerprint density at radius 1 is 1.16 bits per heavy atom. The van der Waals surface area contributed by atoms with Gasteiger partial charge in [-0.1, -0.05) is 24.3 Å². The smallest absolute Gasteiger partial charge is 0.186 e. The van der Waals surface area contributed by atoms with Crippen molar-refractivity contribution in [3.05, 3.63) is 63.0 Å². The summed E-state index contributed by atoms with van der Waals surface area (Å²) < 4.78 is 1.04. The third kappa shape index (κ3) is 2.60. The summed E-state index contributed by atoms with van der Waals surface area (Å²) in [5.74, 6) is 0.0613. The van der Waals surface area contributed by atoms with Gasteiger partial charge in [0.15, 0.2) is 5.78 Å². The number of benzene rings is 1. The minimum absolute atomic E-state index is 0.0613. The van der Waals surface area contributed by atoms with E-state index in [2.05, 4.69) is 20.9 Å². The Morgan fingerprint density at radius 2 is 2.00 bits per heavy atom. The first-order valence-corrected chi connectivity index (χ1v) is 7.46. The molecule has 0 saturated carbocycles. The van der Waals surface area contributed by atoms with Crippen LogP contribution < -0.4 is 0 Å². The number of aromatic nitrogens is 1. The maximum atomic E-state index is 12.4. The molecular weight excluding hydrogens is 322 g/mol. The van der Waals surface area contributed by atoms with Crippen LogP contribution in [0.4, 0.5) is 0 Å². The van der Waals surface area contributed by atoms with E-state index in [0.29, 0.717) is 12.1 Å². The Hall–Kier alpha value is -1.52. The van der Waals surface area contributed by atoms with Gasteiger partial charge in [-0.2, -0.15) is 0 Å². The third-order valence-electron chi connectivity index (χ3n) is 2.90. The van der Waals surface area contributed by atoms with Gasteiger partial charge >= 0.3 is 0 Å². The van der Waals surface area contributed by atoms with Crippen molar-refractivity contribution in [1.29, 1.82) is 0 Å². The lowest BCUT2D eigenvalue weighted by Gasteiger charge is -2.03. The molecule has 0 aliphatic heterocycles. The quantitative estimate of drug-likeness (QED) is 0.662. The first-order valence-electron chi connectivity index (χ1n) is 5.85. The molecule has 2 heterocycles. The minimum Gasteiger partial charge on any atom is -0.292 e. The Balaban J connectivity index is 1.97. The van der Waals surface area contributed by atoms with Crippen LogP contribution in [-0.2, 0) is 6.42 Å². The summed E-state index contributed by atoms with van der Waals surface area (Å²) in [6.07, 6.45) is 2.09. The summed E-state index contributed by atoms with van der Waals surface area (Å²) in [6.45, 7) is 0. The maximum Gasteiger partial charge on any atom is 0.186 e. The normalized spacial score (nSPS) is 10.8. The summed E-state index contributed by atoms with van der Waals surface area (Å²) in [5.41, 5.74) is 0.558. The second-order valence-corrected chi connectivity index (χ2v) is 6.73. The molecule has 0 fully saturated rings. The predicted molar refractivity (Wildman–Crippen MR) is 81.8 cm³/mol. The molecule has 0 aliphatic rings. The average Bonchev–Trinajstić information content (AvgIpc) is 2.83. The number of hydrogen-bond donors (Lipinski definition) is 0. The van der Waals surface area contributed by atoms with Crippen LogP contribution in [0.15, 0.2) is 52.4 Å². The molecule has 0 saturated heterocycles. The maximum absolute atomic E-state index is 12.4. The number of thiophene rings is 1. The van der Waals surface area contributed by atoms with E-state index in [9.17, 15) is 4.79 Å². The van der Waals surface area contributed by atoms with Crippen LogP contribution >= 0.6 is 27.3 Å². The zero-order valence-electron chi connectivity index (χ0n) is 9.97. The van der Waals surface area contributed by atoms with Crippen molar-refractivity contribution in [2.75, 3.05) is 0 Å². The largest absolute Gasteiger partial charge is 0.292 e. The van der Waals surface area contributed by atoms with E-state index >= 15 is 0 Å². The lowest BCUT2D eigenvalue weighted by atomic mass is 10.1. The lowest BCUT2D eigenvalue weighted by molar-refractivity contribution is 0.0991. The molecule has 0 bridgehead atoms. The molecule has 3 aromatic rings. The van der Waals surface area contributed by atoms with Crippen LogP contribution in [0.1, 0.15) is 15.4 Å². The Kier molecular flexibility index (Phi) is 3.44. The molecule has 3 rings (SSSR count). The van der Waals surface area contributed by atoms with E-state index < -0.39 is 0 Å². The molecule has 1 aromatic carbocycles.